The molecule has 0 aromatic rings. The Morgan fingerprint density at radius 1 is 1.00 bits per heavy atom. The zero-order chi connectivity index (χ0) is 14.8. The molecule has 0 amide bonds. The van der Waals surface area contributed by atoms with Crippen LogP contribution in [-0.2, 0) is 0 Å². The molecule has 1 rings (SSSR count). The molecule has 0 unspecified atom stereocenters. The third kappa shape index (κ3) is 5.86. The number of hydrogen-bond acceptors (Lipinski definition) is 1. The van der Waals surface area contributed by atoms with Gasteiger partial charge in [0, 0.05) is 0 Å². The van der Waals surface area contributed by atoms with Crippen molar-refractivity contribution in [3.05, 3.63) is 0 Å². The number of nitrogens with zero attached hydrogens (tertiary/aromatic N) is 1. The molecule has 0 atom stereocenters. The molecule has 0 saturated heterocycles. The molecule has 0 spiro atoms. The molecule has 20 heavy (non-hydrogen) atoms. The third-order valence-corrected chi connectivity index (χ3v) is 5.43. The van der Waals surface area contributed by atoms with Crippen LogP contribution in [0.3, 0.4) is 0 Å². The summed E-state index contributed by atoms with van der Waals surface area (Å²) in [5, 5.41) is 9.59. The quantitative estimate of drug-likeness (QED) is 0.442. The zero-order valence-electron chi connectivity index (χ0n) is 14.1. The first kappa shape index (κ1) is 17.5. The molecule has 0 aliphatic heterocycles. The summed E-state index contributed by atoms with van der Waals surface area (Å²) in [5.74, 6) is 1.66. The van der Waals surface area contributed by atoms with Crippen LogP contribution in [-0.4, -0.2) is 0 Å². The highest BCUT2D eigenvalue weighted by Gasteiger charge is 2.35. The van der Waals surface area contributed by atoms with Gasteiger partial charge in [0.05, 0.1) is 11.5 Å². The van der Waals surface area contributed by atoms with Crippen molar-refractivity contribution >= 4 is 0 Å². The highest BCUT2D eigenvalue weighted by Crippen LogP contribution is 2.44. The van der Waals surface area contributed by atoms with E-state index < -0.39 is 0 Å². The molecule has 1 saturated carbocycles. The fraction of sp³-hybridized carbons (Fsp3) is 0.947. The van der Waals surface area contributed by atoms with E-state index in [-0.39, 0.29) is 5.41 Å². The molecule has 0 radical (unpaired) electrons. The lowest BCUT2D eigenvalue weighted by Crippen LogP contribution is -2.28. The van der Waals surface area contributed by atoms with Crippen LogP contribution in [0.15, 0.2) is 0 Å². The summed E-state index contributed by atoms with van der Waals surface area (Å²) in [7, 11) is 0. The largest absolute Gasteiger partial charge is 0.198 e. The predicted octanol–water partition coefficient (Wildman–Crippen LogP) is 6.48. The molecule has 0 N–H and O–H groups in total. The summed E-state index contributed by atoms with van der Waals surface area (Å²) in [6.07, 6.45) is 15.5. The van der Waals surface area contributed by atoms with Crippen molar-refractivity contribution in [2.75, 3.05) is 0 Å². The van der Waals surface area contributed by atoms with Crippen molar-refractivity contribution in [2.24, 2.45) is 17.3 Å². The van der Waals surface area contributed by atoms with E-state index in [0.29, 0.717) is 0 Å². The van der Waals surface area contributed by atoms with Crippen LogP contribution in [0, 0.1) is 28.6 Å². The fourth-order valence-electron chi connectivity index (χ4n) is 3.70. The van der Waals surface area contributed by atoms with Crippen LogP contribution in [0.2, 0.25) is 0 Å². The average molecular weight is 277 g/mol. The molecule has 1 aliphatic carbocycles. The van der Waals surface area contributed by atoms with Gasteiger partial charge in [0.2, 0.25) is 0 Å². The van der Waals surface area contributed by atoms with Crippen LogP contribution >= 0.6 is 0 Å². The molecular formula is C19H35N. The lowest BCUT2D eigenvalue weighted by Gasteiger charge is -2.36. The summed E-state index contributed by atoms with van der Waals surface area (Å²) in [6, 6.07) is 2.69. The monoisotopic (exact) mass is 277 g/mol. The van der Waals surface area contributed by atoms with Crippen LogP contribution in [0.4, 0.5) is 0 Å². The molecule has 116 valence electrons. The van der Waals surface area contributed by atoms with Gasteiger partial charge in [-0.25, -0.2) is 0 Å². The maximum absolute atomic E-state index is 9.59. The molecule has 0 heterocycles. The highest BCUT2D eigenvalue weighted by atomic mass is 14.4. The second kappa shape index (κ2) is 9.43. The first-order valence-electron chi connectivity index (χ1n) is 9.05. The summed E-state index contributed by atoms with van der Waals surface area (Å²) in [6.45, 7) is 6.94. The molecule has 1 fully saturated rings. The van der Waals surface area contributed by atoms with Crippen LogP contribution in [0.5, 0.6) is 0 Å². The highest BCUT2D eigenvalue weighted by molar-refractivity contribution is 5.01. The topological polar surface area (TPSA) is 23.8 Å². The van der Waals surface area contributed by atoms with E-state index in [4.69, 9.17) is 0 Å². The summed E-state index contributed by atoms with van der Waals surface area (Å²) >= 11 is 0. The molecule has 0 aromatic carbocycles. The van der Waals surface area contributed by atoms with E-state index in [1.807, 2.05) is 0 Å². The lowest BCUT2D eigenvalue weighted by molar-refractivity contribution is 0.163. The van der Waals surface area contributed by atoms with Crippen molar-refractivity contribution in [3.63, 3.8) is 0 Å². The van der Waals surface area contributed by atoms with Gasteiger partial charge in [-0.1, -0.05) is 65.7 Å². The first-order chi connectivity index (χ1) is 9.63. The van der Waals surface area contributed by atoms with Gasteiger partial charge in [0.25, 0.3) is 0 Å². The van der Waals surface area contributed by atoms with Crippen molar-refractivity contribution in [1.82, 2.24) is 0 Å². The number of unbranched alkanes of at least 4 members (excludes halogenated alkanes) is 6. The Morgan fingerprint density at radius 2 is 1.55 bits per heavy atom. The molecule has 0 bridgehead atoms. The van der Waals surface area contributed by atoms with Crippen molar-refractivity contribution in [1.29, 1.82) is 5.26 Å². The van der Waals surface area contributed by atoms with Gasteiger partial charge in [0.15, 0.2) is 0 Å². The Kier molecular flexibility index (Phi) is 8.27. The normalized spacial score (nSPS) is 26.6. The van der Waals surface area contributed by atoms with E-state index in [9.17, 15) is 5.26 Å². The van der Waals surface area contributed by atoms with Gasteiger partial charge < -0.3 is 0 Å². The average Bonchev–Trinajstić information content (AvgIpc) is 2.46. The van der Waals surface area contributed by atoms with Crippen LogP contribution < -0.4 is 0 Å². The second-order valence-corrected chi connectivity index (χ2v) is 7.34. The smallest absolute Gasteiger partial charge is 0.0689 e. The Bertz CT molecular complexity index is 279. The Balaban J connectivity index is 2.19. The minimum Gasteiger partial charge on any atom is -0.198 e. The van der Waals surface area contributed by atoms with Gasteiger partial charge in [-0.3, -0.25) is 0 Å². The van der Waals surface area contributed by atoms with E-state index >= 15 is 0 Å². The number of nitriles is 1. The maximum atomic E-state index is 9.59. The minimum atomic E-state index is 0.0365. The molecule has 1 aliphatic rings. The zero-order valence-corrected chi connectivity index (χ0v) is 14.1. The van der Waals surface area contributed by atoms with Gasteiger partial charge >= 0.3 is 0 Å². The van der Waals surface area contributed by atoms with Crippen LogP contribution in [0.25, 0.3) is 0 Å². The van der Waals surface area contributed by atoms with Gasteiger partial charge in [-0.15, -0.1) is 0 Å². The molecule has 0 aromatic heterocycles. The number of hydrogen-bond donors (Lipinski definition) is 0. The predicted molar refractivity (Wildman–Crippen MR) is 87.5 cm³/mol. The minimum absolute atomic E-state index is 0.0365. The number of rotatable bonds is 9. The summed E-state index contributed by atoms with van der Waals surface area (Å²) < 4.78 is 0. The van der Waals surface area contributed by atoms with Crippen molar-refractivity contribution < 1.29 is 0 Å². The van der Waals surface area contributed by atoms with Crippen molar-refractivity contribution in [3.8, 4) is 6.07 Å². The SMILES string of the molecule is CCCCCCCCCC1(C#N)CCC(C(C)C)CC1. The van der Waals surface area contributed by atoms with Gasteiger partial charge in [-0.2, -0.15) is 5.26 Å². The molecular weight excluding hydrogens is 242 g/mol. The van der Waals surface area contributed by atoms with Crippen molar-refractivity contribution in [2.45, 2.75) is 97.8 Å². The Labute approximate surface area is 127 Å². The fourth-order valence-corrected chi connectivity index (χ4v) is 3.70. The van der Waals surface area contributed by atoms with Gasteiger partial charge in [0.1, 0.15) is 0 Å². The van der Waals surface area contributed by atoms with E-state index in [1.54, 1.807) is 0 Å². The Hall–Kier alpha value is -0.510. The second-order valence-electron chi connectivity index (χ2n) is 7.34. The first-order valence-corrected chi connectivity index (χ1v) is 9.05. The lowest BCUT2D eigenvalue weighted by atomic mass is 9.66. The van der Waals surface area contributed by atoms with Gasteiger partial charge in [-0.05, 0) is 43.9 Å². The maximum Gasteiger partial charge on any atom is 0.0689 e. The summed E-state index contributed by atoms with van der Waals surface area (Å²) in [5.41, 5.74) is 0.0365. The standard InChI is InChI=1S/C19H35N/c1-4-5-6-7-8-9-10-13-19(16-20)14-11-18(12-15-19)17(2)3/h17-18H,4-15H2,1-3H3. The van der Waals surface area contributed by atoms with Crippen LogP contribution in [0.1, 0.15) is 97.8 Å². The van der Waals surface area contributed by atoms with E-state index in [2.05, 4.69) is 26.8 Å². The molecule has 1 nitrogen and oxygen atoms in total. The Morgan fingerprint density at radius 3 is 2.05 bits per heavy atom. The third-order valence-electron chi connectivity index (χ3n) is 5.43. The van der Waals surface area contributed by atoms with E-state index in [0.717, 1.165) is 31.1 Å². The molecule has 1 heteroatoms. The van der Waals surface area contributed by atoms with E-state index in [1.165, 1.54) is 57.8 Å². The summed E-state index contributed by atoms with van der Waals surface area (Å²) in [4.78, 5) is 0.